The van der Waals surface area contributed by atoms with E-state index < -0.39 is 30.2 Å². The first-order chi connectivity index (χ1) is 11.9. The third kappa shape index (κ3) is 5.46. The number of carboxylic acids is 1. The van der Waals surface area contributed by atoms with Gasteiger partial charge in [0.1, 0.15) is 11.6 Å². The molecule has 132 valence electrons. The summed E-state index contributed by atoms with van der Waals surface area (Å²) in [5.74, 6) is -1.75. The van der Waals surface area contributed by atoms with Crippen LogP contribution in [0.1, 0.15) is 23.6 Å². The minimum atomic E-state index is -1.12. The topological polar surface area (TPSA) is 75.6 Å². The number of carbonyl (C=O) groups is 2. The third-order valence-corrected chi connectivity index (χ3v) is 3.82. The molecule has 0 aliphatic heterocycles. The van der Waals surface area contributed by atoms with Crippen LogP contribution in [-0.4, -0.2) is 23.6 Å². The summed E-state index contributed by atoms with van der Waals surface area (Å²) in [4.78, 5) is 23.1. The van der Waals surface area contributed by atoms with E-state index >= 15 is 0 Å². The van der Waals surface area contributed by atoms with E-state index in [9.17, 15) is 14.0 Å². The van der Waals surface area contributed by atoms with Gasteiger partial charge in [0.25, 0.3) is 5.91 Å². The molecule has 0 aliphatic carbocycles. The van der Waals surface area contributed by atoms with Crippen molar-refractivity contribution in [3.8, 4) is 5.75 Å². The van der Waals surface area contributed by atoms with Crippen molar-refractivity contribution in [3.05, 3.63) is 64.4 Å². The van der Waals surface area contributed by atoms with Crippen LogP contribution < -0.4 is 10.1 Å². The molecular formula is C18H17ClFNO4. The number of halogens is 2. The van der Waals surface area contributed by atoms with Crippen molar-refractivity contribution in [3.63, 3.8) is 0 Å². The number of hydrogen-bond acceptors (Lipinski definition) is 3. The van der Waals surface area contributed by atoms with Gasteiger partial charge in [-0.1, -0.05) is 35.9 Å². The van der Waals surface area contributed by atoms with Gasteiger partial charge in [-0.15, -0.1) is 0 Å². The Morgan fingerprint density at radius 3 is 2.64 bits per heavy atom. The number of para-hydroxylation sites is 1. The maximum atomic E-state index is 13.6. The zero-order valence-corrected chi connectivity index (χ0v) is 14.2. The number of aryl methyl sites for hydroxylation is 1. The molecule has 2 aromatic rings. The lowest BCUT2D eigenvalue weighted by atomic mass is 10.0. The molecule has 0 spiro atoms. The predicted molar refractivity (Wildman–Crippen MR) is 91.2 cm³/mol. The van der Waals surface area contributed by atoms with Gasteiger partial charge >= 0.3 is 5.97 Å². The minimum absolute atomic E-state index is 0.0768. The average Bonchev–Trinajstić information content (AvgIpc) is 2.55. The second-order valence-electron chi connectivity index (χ2n) is 5.45. The molecule has 0 aliphatic rings. The van der Waals surface area contributed by atoms with Crippen molar-refractivity contribution in [2.75, 3.05) is 6.61 Å². The van der Waals surface area contributed by atoms with Crippen LogP contribution in [0.15, 0.2) is 42.5 Å². The Bertz CT molecular complexity index is 781. The summed E-state index contributed by atoms with van der Waals surface area (Å²) in [6.45, 7) is 1.56. The molecule has 1 amide bonds. The highest BCUT2D eigenvalue weighted by Crippen LogP contribution is 2.23. The zero-order chi connectivity index (χ0) is 18.4. The van der Waals surface area contributed by atoms with Gasteiger partial charge in [0, 0.05) is 0 Å². The molecule has 0 radical (unpaired) electrons. The SMILES string of the molecule is Cc1ccccc1OCC(=O)N[C@H](CC(=O)O)c1ccc(Cl)c(F)c1. The minimum Gasteiger partial charge on any atom is -0.484 e. The van der Waals surface area contributed by atoms with Crippen LogP contribution >= 0.6 is 11.6 Å². The Hall–Kier alpha value is -2.60. The van der Waals surface area contributed by atoms with E-state index in [1.165, 1.54) is 12.1 Å². The molecule has 2 aromatic carbocycles. The maximum absolute atomic E-state index is 13.6. The van der Waals surface area contributed by atoms with E-state index in [1.54, 1.807) is 12.1 Å². The summed E-state index contributed by atoms with van der Waals surface area (Å²) >= 11 is 5.63. The van der Waals surface area contributed by atoms with Crippen LogP contribution in [0.3, 0.4) is 0 Å². The fourth-order valence-corrected chi connectivity index (χ4v) is 2.37. The lowest BCUT2D eigenvalue weighted by Crippen LogP contribution is -2.34. The van der Waals surface area contributed by atoms with Gasteiger partial charge < -0.3 is 15.2 Å². The predicted octanol–water partition coefficient (Wildman–Crippen LogP) is 3.50. The number of hydrogen-bond donors (Lipinski definition) is 2. The van der Waals surface area contributed by atoms with Crippen LogP contribution in [0.25, 0.3) is 0 Å². The molecule has 0 bridgehead atoms. The van der Waals surface area contributed by atoms with Gasteiger partial charge in [0.2, 0.25) is 0 Å². The maximum Gasteiger partial charge on any atom is 0.305 e. The highest BCUT2D eigenvalue weighted by molar-refractivity contribution is 6.30. The second-order valence-corrected chi connectivity index (χ2v) is 5.85. The number of carbonyl (C=O) groups excluding carboxylic acids is 1. The van der Waals surface area contributed by atoms with Crippen molar-refractivity contribution >= 4 is 23.5 Å². The molecule has 1 atom stereocenters. The molecular weight excluding hydrogens is 349 g/mol. The highest BCUT2D eigenvalue weighted by Gasteiger charge is 2.19. The van der Waals surface area contributed by atoms with Gasteiger partial charge in [-0.3, -0.25) is 9.59 Å². The molecule has 5 nitrogen and oxygen atoms in total. The summed E-state index contributed by atoms with van der Waals surface area (Å²) in [7, 11) is 0. The monoisotopic (exact) mass is 365 g/mol. The van der Waals surface area contributed by atoms with E-state index in [2.05, 4.69) is 5.32 Å². The number of nitrogens with one attached hydrogen (secondary N) is 1. The standard InChI is InChI=1S/C18H17ClFNO4/c1-11-4-2-3-5-16(11)25-10-17(22)21-15(9-18(23)24)12-6-7-13(19)14(20)8-12/h2-8,15H,9-10H2,1H3,(H,21,22)(H,23,24)/t15-/m1/s1. The Morgan fingerprint density at radius 2 is 2.00 bits per heavy atom. The van der Waals surface area contributed by atoms with E-state index in [0.29, 0.717) is 11.3 Å². The van der Waals surface area contributed by atoms with E-state index in [-0.39, 0.29) is 11.6 Å². The van der Waals surface area contributed by atoms with Crippen LogP contribution in [0.2, 0.25) is 5.02 Å². The molecule has 2 rings (SSSR count). The second kappa shape index (κ2) is 8.48. The molecule has 0 saturated carbocycles. The summed E-state index contributed by atoms with van der Waals surface area (Å²) in [6, 6.07) is 10.2. The van der Waals surface area contributed by atoms with Crippen LogP contribution in [0.4, 0.5) is 4.39 Å². The first-order valence-corrected chi connectivity index (χ1v) is 7.89. The smallest absolute Gasteiger partial charge is 0.305 e. The van der Waals surface area contributed by atoms with E-state index in [4.69, 9.17) is 21.4 Å². The Morgan fingerprint density at radius 1 is 1.28 bits per heavy atom. The molecule has 7 heteroatoms. The van der Waals surface area contributed by atoms with Crippen LogP contribution in [0, 0.1) is 12.7 Å². The van der Waals surface area contributed by atoms with Crippen LogP contribution in [-0.2, 0) is 9.59 Å². The lowest BCUT2D eigenvalue weighted by Gasteiger charge is -2.18. The highest BCUT2D eigenvalue weighted by atomic mass is 35.5. The van der Waals surface area contributed by atoms with Gasteiger partial charge in [0.15, 0.2) is 6.61 Å². The third-order valence-electron chi connectivity index (χ3n) is 3.51. The molecule has 0 saturated heterocycles. The summed E-state index contributed by atoms with van der Waals surface area (Å²) in [6.07, 6.45) is -0.392. The summed E-state index contributed by atoms with van der Waals surface area (Å²) < 4.78 is 19.0. The average molecular weight is 366 g/mol. The van der Waals surface area contributed by atoms with Gasteiger partial charge in [-0.05, 0) is 36.2 Å². The number of benzene rings is 2. The van der Waals surface area contributed by atoms with Crippen molar-refractivity contribution in [1.82, 2.24) is 5.32 Å². The molecule has 25 heavy (non-hydrogen) atoms. The van der Waals surface area contributed by atoms with Gasteiger partial charge in [-0.2, -0.15) is 0 Å². The Balaban J connectivity index is 2.05. The summed E-state index contributed by atoms with van der Waals surface area (Å²) in [5, 5.41) is 11.5. The molecule has 2 N–H and O–H groups in total. The Kier molecular flexibility index (Phi) is 6.36. The first kappa shape index (κ1) is 18.7. The summed E-state index contributed by atoms with van der Waals surface area (Å²) in [5.41, 5.74) is 1.19. The number of rotatable bonds is 7. The van der Waals surface area contributed by atoms with Crippen molar-refractivity contribution in [2.24, 2.45) is 0 Å². The fraction of sp³-hybridized carbons (Fsp3) is 0.222. The van der Waals surface area contributed by atoms with Crippen molar-refractivity contribution < 1.29 is 23.8 Å². The number of carboxylic acid groups (broad SMARTS) is 1. The first-order valence-electron chi connectivity index (χ1n) is 7.51. The molecule has 0 unspecified atom stereocenters. The largest absolute Gasteiger partial charge is 0.484 e. The van der Waals surface area contributed by atoms with E-state index in [1.807, 2.05) is 19.1 Å². The Labute approximate surface area is 149 Å². The van der Waals surface area contributed by atoms with Crippen molar-refractivity contribution in [2.45, 2.75) is 19.4 Å². The lowest BCUT2D eigenvalue weighted by molar-refractivity contribution is -0.137. The number of amides is 1. The number of aliphatic carboxylic acids is 1. The van der Waals surface area contributed by atoms with E-state index in [0.717, 1.165) is 11.6 Å². The molecule has 0 heterocycles. The van der Waals surface area contributed by atoms with Crippen LogP contribution in [0.5, 0.6) is 5.75 Å². The molecule has 0 fully saturated rings. The molecule has 0 aromatic heterocycles. The van der Waals surface area contributed by atoms with Crippen molar-refractivity contribution in [1.29, 1.82) is 0 Å². The zero-order valence-electron chi connectivity index (χ0n) is 13.5. The number of ether oxygens (including phenoxy) is 1. The van der Waals surface area contributed by atoms with Gasteiger partial charge in [-0.25, -0.2) is 4.39 Å². The normalized spacial score (nSPS) is 11.6. The van der Waals surface area contributed by atoms with Gasteiger partial charge in [0.05, 0.1) is 17.5 Å². The fourth-order valence-electron chi connectivity index (χ4n) is 2.25. The quantitative estimate of drug-likeness (QED) is 0.787.